The third-order valence-corrected chi connectivity index (χ3v) is 10.0. The van der Waals surface area contributed by atoms with E-state index >= 15 is 0 Å². The van der Waals surface area contributed by atoms with Crippen LogP contribution < -0.4 is 10.9 Å². The van der Waals surface area contributed by atoms with E-state index in [1.807, 2.05) is 0 Å². The van der Waals surface area contributed by atoms with Gasteiger partial charge in [0.15, 0.2) is 0 Å². The maximum atomic E-state index is 14.0. The van der Waals surface area contributed by atoms with E-state index in [2.05, 4.69) is 33.0 Å². The van der Waals surface area contributed by atoms with E-state index < -0.39 is 0 Å². The average molecular weight is 511 g/mol. The molecule has 5 rings (SSSR count). The lowest BCUT2D eigenvalue weighted by molar-refractivity contribution is -0.137. The van der Waals surface area contributed by atoms with Gasteiger partial charge in [-0.2, -0.15) is 16.0 Å². The summed E-state index contributed by atoms with van der Waals surface area (Å²) in [5, 5.41) is 20.9. The van der Waals surface area contributed by atoms with Crippen molar-refractivity contribution in [2.24, 2.45) is 29.6 Å². The van der Waals surface area contributed by atoms with E-state index in [1.54, 1.807) is 0 Å². The lowest BCUT2D eigenvalue weighted by Gasteiger charge is -2.36. The maximum Gasteiger partial charge on any atom is 0.242 e. The van der Waals surface area contributed by atoms with Gasteiger partial charge >= 0.3 is 0 Å². The summed E-state index contributed by atoms with van der Waals surface area (Å²) < 4.78 is 0. The van der Waals surface area contributed by atoms with Gasteiger partial charge in [-0.3, -0.25) is 15.1 Å². The Balaban J connectivity index is 1.19. The van der Waals surface area contributed by atoms with Crippen LogP contribution in [0.25, 0.3) is 0 Å². The molecule has 37 heavy (non-hydrogen) atoms. The van der Waals surface area contributed by atoms with Gasteiger partial charge in [0.1, 0.15) is 6.04 Å². The Morgan fingerprint density at radius 2 is 1.54 bits per heavy atom. The van der Waals surface area contributed by atoms with Gasteiger partial charge in [0.2, 0.25) is 5.91 Å². The lowest BCUT2D eigenvalue weighted by atomic mass is 9.82. The summed E-state index contributed by atoms with van der Waals surface area (Å²) in [4.78, 5) is 22.2. The molecule has 2 heterocycles. The van der Waals surface area contributed by atoms with Gasteiger partial charge in [0.05, 0.1) is 24.3 Å². The van der Waals surface area contributed by atoms with Crippen molar-refractivity contribution in [1.82, 2.24) is 20.8 Å². The van der Waals surface area contributed by atoms with Crippen LogP contribution in [0.2, 0.25) is 0 Å². The predicted molar refractivity (Wildman–Crippen MR) is 140 cm³/mol. The molecule has 0 aromatic heterocycles. The first-order chi connectivity index (χ1) is 18.1. The molecule has 0 bridgehead atoms. The summed E-state index contributed by atoms with van der Waals surface area (Å²) in [6.45, 7) is 3.44. The van der Waals surface area contributed by atoms with Crippen molar-refractivity contribution in [3.63, 3.8) is 0 Å². The molecule has 0 aromatic carbocycles. The van der Waals surface area contributed by atoms with Crippen molar-refractivity contribution < 1.29 is 9.63 Å². The van der Waals surface area contributed by atoms with E-state index in [9.17, 15) is 15.3 Å². The molecule has 2 saturated heterocycles. The highest BCUT2D eigenvalue weighted by Crippen LogP contribution is 2.34. The summed E-state index contributed by atoms with van der Waals surface area (Å²) >= 11 is 0. The monoisotopic (exact) mass is 510 g/mol. The number of amides is 1. The molecule has 1 amide bonds. The third kappa shape index (κ3) is 6.84. The molecule has 0 aromatic rings. The summed E-state index contributed by atoms with van der Waals surface area (Å²) in [5.41, 5.74) is 6.75. The van der Waals surface area contributed by atoms with Crippen LogP contribution in [-0.2, 0) is 9.63 Å². The van der Waals surface area contributed by atoms with Crippen molar-refractivity contribution in [2.45, 2.75) is 108 Å². The molecule has 0 radical (unpaired) electrons. The minimum atomic E-state index is -0.252. The van der Waals surface area contributed by atoms with Gasteiger partial charge in [-0.15, -0.1) is 0 Å². The number of hydroxylamine groups is 1. The average Bonchev–Trinajstić information content (AvgIpc) is 3.63. The molecule has 3 unspecified atom stereocenters. The van der Waals surface area contributed by atoms with Crippen molar-refractivity contribution in [3.05, 3.63) is 0 Å². The smallest absolute Gasteiger partial charge is 0.242 e. The fourth-order valence-corrected chi connectivity index (χ4v) is 7.57. The number of nitrogens with zero attached hydrogens (tertiary/aromatic N) is 4. The van der Waals surface area contributed by atoms with Crippen LogP contribution >= 0.6 is 0 Å². The van der Waals surface area contributed by atoms with Crippen LogP contribution in [0.4, 0.5) is 0 Å². The first-order valence-electron chi connectivity index (χ1n) is 15.1. The molecule has 3 aliphatic carbocycles. The molecule has 2 aliphatic heterocycles. The van der Waals surface area contributed by atoms with Crippen molar-refractivity contribution in [3.8, 4) is 12.1 Å². The second-order valence-corrected chi connectivity index (χ2v) is 12.6. The van der Waals surface area contributed by atoms with Gasteiger partial charge in [0, 0.05) is 44.4 Å². The van der Waals surface area contributed by atoms with Crippen LogP contribution in [0.15, 0.2) is 0 Å². The highest BCUT2D eigenvalue weighted by Gasteiger charge is 2.41. The lowest BCUT2D eigenvalue weighted by Crippen LogP contribution is -2.52. The van der Waals surface area contributed by atoms with Crippen LogP contribution in [0.1, 0.15) is 89.9 Å². The Hall–Kier alpha value is -1.71. The van der Waals surface area contributed by atoms with Gasteiger partial charge in [0.25, 0.3) is 0 Å². The number of nitriles is 2. The molecular weight excluding hydrogens is 464 g/mol. The molecule has 2 N–H and O–H groups in total. The first kappa shape index (κ1) is 26.9. The molecule has 0 spiro atoms. The number of carbonyl (C=O) groups excluding carboxylic acids is 1. The number of nitrogens with one attached hydrogen (secondary N) is 2. The van der Waals surface area contributed by atoms with E-state index in [0.717, 1.165) is 84.0 Å². The zero-order valence-corrected chi connectivity index (χ0v) is 22.5. The summed E-state index contributed by atoms with van der Waals surface area (Å²) in [5.74, 6) is 2.29. The number of rotatable bonds is 7. The van der Waals surface area contributed by atoms with E-state index in [0.29, 0.717) is 17.8 Å². The van der Waals surface area contributed by atoms with E-state index in [-0.39, 0.29) is 35.9 Å². The third-order valence-electron chi connectivity index (χ3n) is 10.0. The Labute approximate surface area is 223 Å². The Bertz CT molecular complexity index is 832. The van der Waals surface area contributed by atoms with Crippen LogP contribution in [-0.4, -0.2) is 60.2 Å². The van der Waals surface area contributed by atoms with Gasteiger partial charge in [-0.05, 0) is 82.0 Å². The largest absolute Gasteiger partial charge is 0.335 e. The van der Waals surface area contributed by atoms with Crippen LogP contribution in [0.3, 0.4) is 0 Å². The SMILES string of the molecule is N#CC1CCC(CN2CC(N(CC3CCC(C#N)CC3)C(=O)C3CC(C4CCCCC4)ON3)CN2)CC1. The van der Waals surface area contributed by atoms with Crippen molar-refractivity contribution in [2.75, 3.05) is 26.2 Å². The van der Waals surface area contributed by atoms with Crippen LogP contribution in [0.5, 0.6) is 0 Å². The van der Waals surface area contributed by atoms with E-state index in [4.69, 9.17) is 4.84 Å². The van der Waals surface area contributed by atoms with Crippen LogP contribution in [0, 0.1) is 52.3 Å². The van der Waals surface area contributed by atoms with Crippen molar-refractivity contribution in [1.29, 1.82) is 10.5 Å². The molecule has 8 nitrogen and oxygen atoms in total. The number of hydrogen-bond acceptors (Lipinski definition) is 7. The summed E-state index contributed by atoms with van der Waals surface area (Å²) in [6, 6.07) is 4.79. The minimum Gasteiger partial charge on any atom is -0.335 e. The quantitative estimate of drug-likeness (QED) is 0.535. The molecular formula is C29H46N6O2. The molecule has 5 aliphatic rings. The standard InChI is InChI=1S/C29H46N6O2/c30-15-21-6-10-23(11-7-21)18-34-20-26(17-32-34)35(19-24-12-8-22(16-31)9-13-24)29(36)27-14-28(37-33-27)25-4-2-1-3-5-25/h21-28,32-33H,1-14,17-20H2. The fraction of sp³-hybridized carbons (Fsp3) is 0.897. The van der Waals surface area contributed by atoms with E-state index in [1.165, 1.54) is 32.1 Å². The number of hydrazine groups is 1. The highest BCUT2D eigenvalue weighted by atomic mass is 16.7. The summed E-state index contributed by atoms with van der Waals surface area (Å²) in [6.07, 6.45) is 15.5. The number of hydrogen-bond donors (Lipinski definition) is 2. The maximum absolute atomic E-state index is 14.0. The Morgan fingerprint density at radius 3 is 2.19 bits per heavy atom. The number of carbonyl (C=O) groups is 1. The fourth-order valence-electron chi connectivity index (χ4n) is 7.57. The normalized spacial score (nSPS) is 37.6. The predicted octanol–water partition coefficient (Wildman–Crippen LogP) is 3.91. The molecule has 3 saturated carbocycles. The molecule has 5 fully saturated rings. The molecule has 204 valence electrons. The molecule has 3 atom stereocenters. The zero-order valence-electron chi connectivity index (χ0n) is 22.5. The van der Waals surface area contributed by atoms with Gasteiger partial charge in [-0.1, -0.05) is 19.3 Å². The molecule has 8 heteroatoms. The van der Waals surface area contributed by atoms with Crippen molar-refractivity contribution >= 4 is 5.91 Å². The highest BCUT2D eigenvalue weighted by molar-refractivity contribution is 5.82. The zero-order chi connectivity index (χ0) is 25.6. The minimum absolute atomic E-state index is 0.156. The Morgan fingerprint density at radius 1 is 0.892 bits per heavy atom. The second kappa shape index (κ2) is 12.9. The van der Waals surface area contributed by atoms with Gasteiger partial charge in [-0.25, -0.2) is 5.01 Å². The Kier molecular flexibility index (Phi) is 9.37. The topological polar surface area (TPSA) is 104 Å². The summed E-state index contributed by atoms with van der Waals surface area (Å²) in [7, 11) is 0. The first-order valence-corrected chi connectivity index (χ1v) is 15.1. The second-order valence-electron chi connectivity index (χ2n) is 12.6. The van der Waals surface area contributed by atoms with Gasteiger partial charge < -0.3 is 4.90 Å².